The first-order valence-electron chi connectivity index (χ1n) is 11.5. The van der Waals surface area contributed by atoms with Gasteiger partial charge in [-0.2, -0.15) is 11.3 Å². The minimum Gasteiger partial charge on any atom is -0.376 e. The maximum absolute atomic E-state index is 13.8. The smallest absolute Gasteiger partial charge is 0.325 e. The summed E-state index contributed by atoms with van der Waals surface area (Å²) >= 11 is 1.59. The monoisotopic (exact) mass is 468 g/mol. The Balaban J connectivity index is 1.35. The van der Waals surface area contributed by atoms with E-state index in [0.29, 0.717) is 44.7 Å². The molecule has 2 aromatic rings. The number of imide groups is 1. The summed E-state index contributed by atoms with van der Waals surface area (Å²) in [4.78, 5) is 47.2. The second-order valence-electron chi connectivity index (χ2n) is 8.97. The molecule has 2 atom stereocenters. The Labute approximate surface area is 196 Å². The van der Waals surface area contributed by atoms with E-state index in [0.717, 1.165) is 18.4 Å². The molecular formula is C24H28N4O4S. The van der Waals surface area contributed by atoms with Crippen LogP contribution in [-0.2, 0) is 26.3 Å². The maximum Gasteiger partial charge on any atom is 0.325 e. The van der Waals surface area contributed by atoms with Crippen molar-refractivity contribution in [2.45, 2.75) is 43.7 Å². The second-order valence-corrected chi connectivity index (χ2v) is 9.75. The van der Waals surface area contributed by atoms with Crippen LogP contribution in [0.15, 0.2) is 41.2 Å². The molecule has 3 aliphatic rings. The topological polar surface area (TPSA) is 91.8 Å². The fourth-order valence-corrected chi connectivity index (χ4v) is 5.92. The summed E-state index contributed by atoms with van der Waals surface area (Å²) in [6.07, 6.45) is 4.95. The summed E-state index contributed by atoms with van der Waals surface area (Å²) in [6, 6.07) is 7.03. The molecule has 3 saturated heterocycles. The number of likely N-dealkylation sites (tertiary alicyclic amines) is 1. The summed E-state index contributed by atoms with van der Waals surface area (Å²) in [7, 11) is 0. The van der Waals surface area contributed by atoms with Gasteiger partial charge in [-0.1, -0.05) is 6.07 Å². The molecule has 4 amide bonds. The van der Waals surface area contributed by atoms with Crippen LogP contribution in [0, 0.1) is 5.92 Å². The minimum absolute atomic E-state index is 0.0977. The molecule has 5 heterocycles. The van der Waals surface area contributed by atoms with E-state index in [9.17, 15) is 14.4 Å². The average molecular weight is 469 g/mol. The van der Waals surface area contributed by atoms with Crippen molar-refractivity contribution in [1.82, 2.24) is 20.1 Å². The van der Waals surface area contributed by atoms with Crippen molar-refractivity contribution in [2.24, 2.45) is 5.92 Å². The molecule has 0 aromatic carbocycles. The van der Waals surface area contributed by atoms with Crippen molar-refractivity contribution in [1.29, 1.82) is 0 Å². The second kappa shape index (κ2) is 9.23. The third kappa shape index (κ3) is 4.15. The van der Waals surface area contributed by atoms with Gasteiger partial charge in [-0.3, -0.25) is 19.5 Å². The standard InChI is InChI=1S/C24H28N4O4S/c29-21(14-17-8-13-33-16-17)27-10-6-18(7-11-27)24(20-5-1-2-9-25-20)22(30)28(23(31)26-24)15-19-4-3-12-32-19/h1-2,5,8-9,13,16,18-19H,3-4,6-7,10-12,14-15H2,(H,26,31). The van der Waals surface area contributed by atoms with Crippen LogP contribution < -0.4 is 5.32 Å². The quantitative estimate of drug-likeness (QED) is 0.658. The number of ether oxygens (including phenoxy) is 1. The molecule has 3 aliphatic heterocycles. The third-order valence-corrected chi connectivity index (χ3v) is 7.74. The van der Waals surface area contributed by atoms with Gasteiger partial charge in [0.2, 0.25) is 5.91 Å². The number of piperidine rings is 1. The van der Waals surface area contributed by atoms with E-state index in [-0.39, 0.29) is 30.4 Å². The van der Waals surface area contributed by atoms with Gasteiger partial charge in [0, 0.05) is 31.8 Å². The summed E-state index contributed by atoms with van der Waals surface area (Å²) in [6.45, 7) is 2.03. The van der Waals surface area contributed by atoms with Crippen LogP contribution in [0.4, 0.5) is 4.79 Å². The van der Waals surface area contributed by atoms with Gasteiger partial charge in [-0.05, 0) is 60.2 Å². The number of thiophene rings is 1. The predicted molar refractivity (Wildman–Crippen MR) is 122 cm³/mol. The number of hydrogen-bond acceptors (Lipinski definition) is 6. The maximum atomic E-state index is 13.8. The summed E-state index contributed by atoms with van der Waals surface area (Å²) < 4.78 is 5.68. The number of pyridine rings is 1. The highest BCUT2D eigenvalue weighted by molar-refractivity contribution is 7.08. The molecule has 174 valence electrons. The minimum atomic E-state index is -1.21. The van der Waals surface area contributed by atoms with Crippen molar-refractivity contribution < 1.29 is 19.1 Å². The lowest BCUT2D eigenvalue weighted by Crippen LogP contribution is -2.54. The number of aromatic nitrogens is 1. The van der Waals surface area contributed by atoms with E-state index in [1.54, 1.807) is 23.6 Å². The van der Waals surface area contributed by atoms with Crippen molar-refractivity contribution in [3.05, 3.63) is 52.5 Å². The van der Waals surface area contributed by atoms with Crippen LogP contribution in [-0.4, -0.2) is 65.0 Å². The van der Waals surface area contributed by atoms with Crippen molar-refractivity contribution in [3.8, 4) is 0 Å². The molecule has 0 bridgehead atoms. The average Bonchev–Trinajstić information content (AvgIpc) is 3.59. The zero-order valence-electron chi connectivity index (χ0n) is 18.4. The fraction of sp³-hybridized carbons (Fsp3) is 0.500. The predicted octanol–water partition coefficient (Wildman–Crippen LogP) is 2.55. The molecule has 2 unspecified atom stereocenters. The first-order chi connectivity index (χ1) is 16.1. The molecule has 0 radical (unpaired) electrons. The molecule has 1 N–H and O–H groups in total. The first kappa shape index (κ1) is 22.0. The molecule has 3 fully saturated rings. The van der Waals surface area contributed by atoms with Gasteiger partial charge in [0.15, 0.2) is 5.54 Å². The molecule has 33 heavy (non-hydrogen) atoms. The summed E-state index contributed by atoms with van der Waals surface area (Å²) in [5.41, 5.74) is 0.376. The highest BCUT2D eigenvalue weighted by atomic mass is 32.1. The van der Waals surface area contributed by atoms with Crippen LogP contribution in [0.5, 0.6) is 0 Å². The van der Waals surface area contributed by atoms with Gasteiger partial charge in [-0.15, -0.1) is 0 Å². The van der Waals surface area contributed by atoms with E-state index in [1.165, 1.54) is 4.90 Å². The van der Waals surface area contributed by atoms with Crippen LogP contribution in [0.25, 0.3) is 0 Å². The van der Waals surface area contributed by atoms with E-state index in [4.69, 9.17) is 4.74 Å². The number of urea groups is 1. The van der Waals surface area contributed by atoms with Gasteiger partial charge in [0.25, 0.3) is 5.91 Å². The van der Waals surface area contributed by atoms with Gasteiger partial charge >= 0.3 is 6.03 Å². The molecule has 0 spiro atoms. The van der Waals surface area contributed by atoms with Crippen molar-refractivity contribution in [3.63, 3.8) is 0 Å². The lowest BCUT2D eigenvalue weighted by molar-refractivity contribution is -0.137. The summed E-state index contributed by atoms with van der Waals surface area (Å²) in [5, 5.41) is 7.00. The number of hydrogen-bond donors (Lipinski definition) is 1. The zero-order chi connectivity index (χ0) is 22.8. The number of carbonyl (C=O) groups is 3. The highest BCUT2D eigenvalue weighted by Crippen LogP contribution is 2.41. The lowest BCUT2D eigenvalue weighted by Gasteiger charge is -2.40. The van der Waals surface area contributed by atoms with Crippen molar-refractivity contribution >= 4 is 29.2 Å². The van der Waals surface area contributed by atoms with Gasteiger partial charge in [-0.25, -0.2) is 4.79 Å². The van der Waals surface area contributed by atoms with Crippen LogP contribution in [0.2, 0.25) is 0 Å². The van der Waals surface area contributed by atoms with Crippen molar-refractivity contribution in [2.75, 3.05) is 26.2 Å². The Kier molecular flexibility index (Phi) is 6.16. The molecule has 0 saturated carbocycles. The fourth-order valence-electron chi connectivity index (χ4n) is 5.25. The Morgan fingerprint density at radius 2 is 2.06 bits per heavy atom. The van der Waals surface area contributed by atoms with Crippen LogP contribution in [0.3, 0.4) is 0 Å². The van der Waals surface area contributed by atoms with E-state index < -0.39 is 11.6 Å². The van der Waals surface area contributed by atoms with E-state index in [1.807, 2.05) is 33.9 Å². The number of amides is 4. The Bertz CT molecular complexity index is 1000. The number of nitrogens with one attached hydrogen (secondary N) is 1. The largest absolute Gasteiger partial charge is 0.376 e. The number of nitrogens with zero attached hydrogens (tertiary/aromatic N) is 3. The molecule has 2 aromatic heterocycles. The highest BCUT2D eigenvalue weighted by Gasteiger charge is 2.58. The van der Waals surface area contributed by atoms with Gasteiger partial charge in [0.05, 0.1) is 24.8 Å². The number of rotatable bonds is 6. The van der Waals surface area contributed by atoms with Gasteiger partial charge in [0.1, 0.15) is 0 Å². The van der Waals surface area contributed by atoms with Crippen LogP contribution in [0.1, 0.15) is 36.9 Å². The third-order valence-electron chi connectivity index (χ3n) is 7.01. The normalized spacial score (nSPS) is 26.1. The van der Waals surface area contributed by atoms with Crippen LogP contribution >= 0.6 is 11.3 Å². The molecule has 0 aliphatic carbocycles. The van der Waals surface area contributed by atoms with E-state index in [2.05, 4.69) is 10.3 Å². The SMILES string of the molecule is O=C(Cc1ccsc1)N1CCC(C2(c3ccccn3)NC(=O)N(CC3CCCO3)C2=O)CC1. The Hall–Kier alpha value is -2.78. The Morgan fingerprint density at radius 1 is 1.21 bits per heavy atom. The molecule has 8 nitrogen and oxygen atoms in total. The van der Waals surface area contributed by atoms with E-state index >= 15 is 0 Å². The lowest BCUT2D eigenvalue weighted by atomic mass is 9.75. The zero-order valence-corrected chi connectivity index (χ0v) is 19.3. The molecular weight excluding hydrogens is 440 g/mol. The first-order valence-corrected chi connectivity index (χ1v) is 12.5. The van der Waals surface area contributed by atoms with Gasteiger partial charge < -0.3 is 15.0 Å². The number of carbonyl (C=O) groups excluding carboxylic acids is 3. The molecule has 5 rings (SSSR count). The summed E-state index contributed by atoms with van der Waals surface area (Å²) in [5.74, 6) is -0.311. The Morgan fingerprint density at radius 3 is 2.73 bits per heavy atom. The molecule has 9 heteroatoms.